The van der Waals surface area contributed by atoms with E-state index < -0.39 is 5.60 Å². The van der Waals surface area contributed by atoms with Gasteiger partial charge in [-0.25, -0.2) is 0 Å². The number of hydrogen-bond donors (Lipinski definition) is 1. The molecule has 0 aromatic rings. The number of β-amino-alcohol motifs (C(OH)–C–C–N with tert-alkyl or cyclic N) is 1. The van der Waals surface area contributed by atoms with Gasteiger partial charge < -0.3 is 10.0 Å². The van der Waals surface area contributed by atoms with Crippen molar-refractivity contribution in [2.24, 2.45) is 11.8 Å². The first-order chi connectivity index (χ1) is 8.00. The predicted octanol–water partition coefficient (Wildman–Crippen LogP) is 3.30. The van der Waals surface area contributed by atoms with Crippen molar-refractivity contribution in [3.8, 4) is 0 Å². The zero-order valence-corrected chi connectivity index (χ0v) is 12.2. The van der Waals surface area contributed by atoms with E-state index >= 15 is 0 Å². The maximum Gasteiger partial charge on any atom is 0.0768 e. The summed E-state index contributed by atoms with van der Waals surface area (Å²) in [6.07, 6.45) is 5.71. The second-order valence-corrected chi connectivity index (χ2v) is 6.14. The lowest BCUT2D eigenvalue weighted by atomic mass is 9.89. The predicted molar refractivity (Wildman–Crippen MR) is 74.2 cm³/mol. The third-order valence-electron chi connectivity index (χ3n) is 4.64. The van der Waals surface area contributed by atoms with Crippen LogP contribution in [0.2, 0.25) is 0 Å². The summed E-state index contributed by atoms with van der Waals surface area (Å²) in [5, 5.41) is 10.4. The molecule has 0 aromatic carbocycles. The molecule has 102 valence electrons. The smallest absolute Gasteiger partial charge is 0.0768 e. The zero-order valence-electron chi connectivity index (χ0n) is 12.2. The molecule has 17 heavy (non-hydrogen) atoms. The van der Waals surface area contributed by atoms with Gasteiger partial charge in [0.05, 0.1) is 5.60 Å². The molecule has 2 heteroatoms. The third-order valence-corrected chi connectivity index (χ3v) is 4.64. The monoisotopic (exact) mass is 241 g/mol. The van der Waals surface area contributed by atoms with Crippen molar-refractivity contribution in [2.45, 2.75) is 65.4 Å². The van der Waals surface area contributed by atoms with Gasteiger partial charge in [0, 0.05) is 6.54 Å². The van der Waals surface area contributed by atoms with Crippen molar-refractivity contribution >= 4 is 0 Å². The fourth-order valence-electron chi connectivity index (χ4n) is 2.90. The number of aliphatic hydroxyl groups is 1. The maximum atomic E-state index is 10.4. The fourth-order valence-corrected chi connectivity index (χ4v) is 2.90. The number of hydrogen-bond acceptors (Lipinski definition) is 2. The standard InChI is InChI=1S/C15H31NO/c1-5-15(17,6-2)12-16-10-7-8-14(9-11-16)13(3)4/h13-14,17H,5-12H2,1-4H3. The van der Waals surface area contributed by atoms with E-state index in [1.165, 1.54) is 32.4 Å². The zero-order chi connectivity index (χ0) is 12.9. The molecule has 0 radical (unpaired) electrons. The largest absolute Gasteiger partial charge is 0.389 e. The molecule has 1 aliphatic heterocycles. The molecule has 1 fully saturated rings. The Kier molecular flexibility index (Phi) is 5.94. The maximum absolute atomic E-state index is 10.4. The van der Waals surface area contributed by atoms with Crippen LogP contribution >= 0.6 is 0 Å². The first-order valence-electron chi connectivity index (χ1n) is 7.45. The highest BCUT2D eigenvalue weighted by Gasteiger charge is 2.27. The molecule has 1 atom stereocenters. The molecule has 0 amide bonds. The van der Waals surface area contributed by atoms with Crippen LogP contribution < -0.4 is 0 Å². The molecular formula is C15H31NO. The van der Waals surface area contributed by atoms with Gasteiger partial charge in [-0.3, -0.25) is 0 Å². The van der Waals surface area contributed by atoms with Crippen molar-refractivity contribution in [2.75, 3.05) is 19.6 Å². The van der Waals surface area contributed by atoms with E-state index in [9.17, 15) is 5.11 Å². The molecule has 0 aromatic heterocycles. The average molecular weight is 241 g/mol. The first kappa shape index (κ1) is 15.0. The lowest BCUT2D eigenvalue weighted by Gasteiger charge is -2.32. The van der Waals surface area contributed by atoms with Crippen molar-refractivity contribution in [3.05, 3.63) is 0 Å². The Morgan fingerprint density at radius 1 is 1.18 bits per heavy atom. The van der Waals surface area contributed by atoms with E-state index in [1.54, 1.807) is 0 Å². The molecule has 0 spiro atoms. The Hall–Kier alpha value is -0.0800. The topological polar surface area (TPSA) is 23.5 Å². The SMILES string of the molecule is CCC(O)(CC)CN1CCCC(C(C)C)CC1. The lowest BCUT2D eigenvalue weighted by molar-refractivity contribution is -0.00285. The summed E-state index contributed by atoms with van der Waals surface area (Å²) in [7, 11) is 0. The van der Waals surface area contributed by atoms with Gasteiger partial charge >= 0.3 is 0 Å². The molecule has 0 saturated carbocycles. The summed E-state index contributed by atoms with van der Waals surface area (Å²) >= 11 is 0. The second-order valence-electron chi connectivity index (χ2n) is 6.14. The van der Waals surface area contributed by atoms with Gasteiger partial charge in [0.1, 0.15) is 0 Å². The third kappa shape index (κ3) is 4.59. The molecule has 1 heterocycles. The van der Waals surface area contributed by atoms with Crippen LogP contribution in [0.3, 0.4) is 0 Å². The average Bonchev–Trinajstić information content (AvgIpc) is 2.54. The van der Waals surface area contributed by atoms with E-state index in [1.807, 2.05) is 0 Å². The Balaban J connectivity index is 2.46. The van der Waals surface area contributed by atoms with Crippen LogP contribution in [-0.2, 0) is 0 Å². The molecule has 2 nitrogen and oxygen atoms in total. The van der Waals surface area contributed by atoms with E-state index in [4.69, 9.17) is 0 Å². The minimum Gasteiger partial charge on any atom is -0.389 e. The minimum atomic E-state index is -0.461. The highest BCUT2D eigenvalue weighted by Crippen LogP contribution is 2.26. The molecule has 0 aliphatic carbocycles. The highest BCUT2D eigenvalue weighted by atomic mass is 16.3. The highest BCUT2D eigenvalue weighted by molar-refractivity contribution is 4.81. The summed E-state index contributed by atoms with van der Waals surface area (Å²) in [6.45, 7) is 12.1. The summed E-state index contributed by atoms with van der Waals surface area (Å²) in [5.41, 5.74) is -0.461. The second kappa shape index (κ2) is 6.75. The molecule has 0 bridgehead atoms. The Morgan fingerprint density at radius 3 is 2.35 bits per heavy atom. The van der Waals surface area contributed by atoms with E-state index in [0.29, 0.717) is 0 Å². The summed E-state index contributed by atoms with van der Waals surface area (Å²) in [5.74, 6) is 1.70. The Labute approximate surface area is 107 Å². The molecule has 1 N–H and O–H groups in total. The van der Waals surface area contributed by atoms with Crippen molar-refractivity contribution in [1.29, 1.82) is 0 Å². The fraction of sp³-hybridized carbons (Fsp3) is 1.00. The Bertz CT molecular complexity index is 211. The van der Waals surface area contributed by atoms with Gasteiger partial charge in [0.15, 0.2) is 0 Å². The lowest BCUT2D eigenvalue weighted by Crippen LogP contribution is -2.42. The van der Waals surface area contributed by atoms with Crippen molar-refractivity contribution in [3.63, 3.8) is 0 Å². The Morgan fingerprint density at radius 2 is 1.82 bits per heavy atom. The van der Waals surface area contributed by atoms with Gasteiger partial charge in [-0.2, -0.15) is 0 Å². The summed E-state index contributed by atoms with van der Waals surface area (Å²) in [6, 6.07) is 0. The van der Waals surface area contributed by atoms with Crippen LogP contribution in [-0.4, -0.2) is 35.2 Å². The minimum absolute atomic E-state index is 0.461. The van der Waals surface area contributed by atoms with Gasteiger partial charge in [0.25, 0.3) is 0 Å². The van der Waals surface area contributed by atoms with E-state index in [0.717, 1.165) is 31.2 Å². The normalized spacial score (nSPS) is 24.0. The van der Waals surface area contributed by atoms with Gasteiger partial charge in [-0.05, 0) is 57.0 Å². The van der Waals surface area contributed by atoms with Crippen LogP contribution in [0.4, 0.5) is 0 Å². The van der Waals surface area contributed by atoms with Crippen molar-refractivity contribution in [1.82, 2.24) is 4.90 Å². The molecule has 1 rings (SSSR count). The molecule has 1 unspecified atom stereocenters. The van der Waals surface area contributed by atoms with Crippen LogP contribution in [0.25, 0.3) is 0 Å². The van der Waals surface area contributed by atoms with Crippen LogP contribution in [0.1, 0.15) is 59.8 Å². The van der Waals surface area contributed by atoms with Gasteiger partial charge in [0.2, 0.25) is 0 Å². The number of nitrogens with zero attached hydrogens (tertiary/aromatic N) is 1. The van der Waals surface area contributed by atoms with Gasteiger partial charge in [-0.15, -0.1) is 0 Å². The quantitative estimate of drug-likeness (QED) is 0.798. The summed E-state index contributed by atoms with van der Waals surface area (Å²) in [4.78, 5) is 2.48. The van der Waals surface area contributed by atoms with Crippen LogP contribution in [0.15, 0.2) is 0 Å². The molecular weight excluding hydrogens is 210 g/mol. The number of rotatable bonds is 5. The summed E-state index contributed by atoms with van der Waals surface area (Å²) < 4.78 is 0. The van der Waals surface area contributed by atoms with Crippen LogP contribution in [0, 0.1) is 11.8 Å². The van der Waals surface area contributed by atoms with E-state index in [2.05, 4.69) is 32.6 Å². The van der Waals surface area contributed by atoms with Gasteiger partial charge in [-0.1, -0.05) is 27.7 Å². The van der Waals surface area contributed by atoms with E-state index in [-0.39, 0.29) is 0 Å². The number of likely N-dealkylation sites (tertiary alicyclic amines) is 1. The first-order valence-corrected chi connectivity index (χ1v) is 7.45. The molecule has 1 saturated heterocycles. The van der Waals surface area contributed by atoms with Crippen LogP contribution in [0.5, 0.6) is 0 Å². The molecule has 1 aliphatic rings. The van der Waals surface area contributed by atoms with Crippen molar-refractivity contribution < 1.29 is 5.11 Å².